The van der Waals surface area contributed by atoms with Crippen LogP contribution in [0.1, 0.15) is 40.5 Å². The molecule has 0 aliphatic carbocycles. The average Bonchev–Trinajstić information content (AvgIpc) is 2.46. The van der Waals surface area contributed by atoms with Crippen LogP contribution >= 0.6 is 0 Å². The Kier molecular flexibility index (Phi) is 9.47. The summed E-state index contributed by atoms with van der Waals surface area (Å²) in [4.78, 5) is 0. The molecule has 0 unspecified atom stereocenters. The van der Waals surface area contributed by atoms with Crippen LogP contribution in [0.3, 0.4) is 0 Å². The van der Waals surface area contributed by atoms with E-state index in [0.29, 0.717) is 33.0 Å². The van der Waals surface area contributed by atoms with E-state index in [0.717, 1.165) is 32.7 Å². The minimum atomic E-state index is -1.38. The monoisotopic (exact) mass is 320 g/mol. The molecule has 0 bridgehead atoms. The molecule has 0 N–H and O–H groups in total. The van der Waals surface area contributed by atoms with Crippen molar-refractivity contribution in [2.45, 2.75) is 46.7 Å². The Hall–Kier alpha value is -0.240. The van der Waals surface area contributed by atoms with Crippen molar-refractivity contribution in [1.29, 1.82) is 0 Å². The van der Waals surface area contributed by atoms with Gasteiger partial charge in [0, 0.05) is 12.0 Å². The summed E-state index contributed by atoms with van der Waals surface area (Å²) in [5, 5.41) is 0. The van der Waals surface area contributed by atoms with Gasteiger partial charge in [0.2, 0.25) is 0 Å². The van der Waals surface area contributed by atoms with E-state index in [1.54, 1.807) is 0 Å². The SMILES string of the molecule is CCOC(OCC)(OCC)OCCCOCC1(CC)COC1. The lowest BCUT2D eigenvalue weighted by atomic mass is 9.84. The van der Waals surface area contributed by atoms with Crippen molar-refractivity contribution in [2.24, 2.45) is 5.41 Å². The molecule has 1 aliphatic rings. The third-order valence-corrected chi connectivity index (χ3v) is 3.65. The first kappa shape index (κ1) is 19.8. The smallest absolute Gasteiger partial charge is 0.381 e. The average molecular weight is 320 g/mol. The van der Waals surface area contributed by atoms with E-state index < -0.39 is 6.16 Å². The van der Waals surface area contributed by atoms with Crippen LogP contribution < -0.4 is 0 Å². The van der Waals surface area contributed by atoms with Crippen LogP contribution in [0.25, 0.3) is 0 Å². The Balaban J connectivity index is 2.21. The van der Waals surface area contributed by atoms with Gasteiger partial charge in [0.1, 0.15) is 0 Å². The van der Waals surface area contributed by atoms with Gasteiger partial charge in [0.15, 0.2) is 0 Å². The molecule has 0 aromatic heterocycles. The molecule has 6 nitrogen and oxygen atoms in total. The molecule has 1 rings (SSSR count). The Morgan fingerprint density at radius 2 is 1.45 bits per heavy atom. The van der Waals surface area contributed by atoms with Gasteiger partial charge in [-0.1, -0.05) is 6.92 Å². The zero-order valence-electron chi connectivity index (χ0n) is 14.5. The van der Waals surface area contributed by atoms with Crippen molar-refractivity contribution in [3.63, 3.8) is 0 Å². The summed E-state index contributed by atoms with van der Waals surface area (Å²) in [5.74, 6) is 0. The van der Waals surface area contributed by atoms with Crippen LogP contribution in [0.4, 0.5) is 0 Å². The Bertz CT molecular complexity index is 257. The minimum absolute atomic E-state index is 0.229. The van der Waals surface area contributed by atoms with Crippen LogP contribution in [0.5, 0.6) is 0 Å². The van der Waals surface area contributed by atoms with Gasteiger partial charge in [-0.3, -0.25) is 0 Å². The molecule has 0 aromatic carbocycles. The molecule has 0 atom stereocenters. The molecule has 22 heavy (non-hydrogen) atoms. The number of hydrogen-bond donors (Lipinski definition) is 0. The molecular formula is C16H32O6. The summed E-state index contributed by atoms with van der Waals surface area (Å²) >= 11 is 0. The molecular weight excluding hydrogens is 288 g/mol. The zero-order chi connectivity index (χ0) is 16.3. The third kappa shape index (κ3) is 6.10. The van der Waals surface area contributed by atoms with Gasteiger partial charge in [-0.25, -0.2) is 0 Å². The second-order valence-electron chi connectivity index (χ2n) is 5.40. The van der Waals surface area contributed by atoms with Gasteiger partial charge in [0.05, 0.1) is 46.2 Å². The molecule has 0 radical (unpaired) electrons. The van der Waals surface area contributed by atoms with E-state index in [-0.39, 0.29) is 5.41 Å². The van der Waals surface area contributed by atoms with Gasteiger partial charge < -0.3 is 28.4 Å². The van der Waals surface area contributed by atoms with E-state index in [2.05, 4.69) is 6.92 Å². The lowest BCUT2D eigenvalue weighted by molar-refractivity contribution is -0.496. The molecule has 0 aromatic rings. The summed E-state index contributed by atoms with van der Waals surface area (Å²) in [6.07, 6.45) is 0.464. The highest BCUT2D eigenvalue weighted by atomic mass is 17.0. The van der Waals surface area contributed by atoms with Crippen molar-refractivity contribution in [2.75, 3.05) is 52.9 Å². The lowest BCUT2D eigenvalue weighted by Gasteiger charge is -2.40. The van der Waals surface area contributed by atoms with Gasteiger partial charge in [-0.15, -0.1) is 0 Å². The van der Waals surface area contributed by atoms with Crippen molar-refractivity contribution < 1.29 is 28.4 Å². The van der Waals surface area contributed by atoms with E-state index >= 15 is 0 Å². The van der Waals surface area contributed by atoms with E-state index in [1.807, 2.05) is 20.8 Å². The maximum Gasteiger partial charge on any atom is 0.412 e. The summed E-state index contributed by atoms with van der Waals surface area (Å²) in [6, 6.07) is 0. The fourth-order valence-electron chi connectivity index (χ4n) is 2.21. The van der Waals surface area contributed by atoms with Gasteiger partial charge in [-0.05, 0) is 33.6 Å². The third-order valence-electron chi connectivity index (χ3n) is 3.65. The minimum Gasteiger partial charge on any atom is -0.381 e. The maximum atomic E-state index is 5.74. The van der Waals surface area contributed by atoms with Crippen LogP contribution in [0.15, 0.2) is 0 Å². The van der Waals surface area contributed by atoms with Crippen LogP contribution in [0, 0.1) is 5.41 Å². The quantitative estimate of drug-likeness (QED) is 0.362. The Morgan fingerprint density at radius 3 is 1.86 bits per heavy atom. The number of rotatable bonds is 14. The van der Waals surface area contributed by atoms with Gasteiger partial charge in [-0.2, -0.15) is 0 Å². The zero-order valence-corrected chi connectivity index (χ0v) is 14.5. The summed E-state index contributed by atoms with van der Waals surface area (Å²) in [6.45, 7) is 12.6. The second-order valence-corrected chi connectivity index (χ2v) is 5.40. The predicted molar refractivity (Wildman–Crippen MR) is 82.5 cm³/mol. The topological polar surface area (TPSA) is 55.4 Å². The Labute approximate surface area is 134 Å². The first-order valence-electron chi connectivity index (χ1n) is 8.37. The number of ether oxygens (including phenoxy) is 6. The maximum absolute atomic E-state index is 5.74. The van der Waals surface area contributed by atoms with E-state index in [4.69, 9.17) is 28.4 Å². The highest BCUT2D eigenvalue weighted by molar-refractivity contribution is 4.83. The fourth-order valence-corrected chi connectivity index (χ4v) is 2.21. The molecule has 1 heterocycles. The molecule has 1 aliphatic heterocycles. The predicted octanol–water partition coefficient (Wildman–Crippen LogP) is 2.56. The van der Waals surface area contributed by atoms with Crippen LogP contribution in [-0.2, 0) is 28.4 Å². The largest absolute Gasteiger partial charge is 0.412 e. The van der Waals surface area contributed by atoms with Gasteiger partial charge >= 0.3 is 6.16 Å². The van der Waals surface area contributed by atoms with Gasteiger partial charge in [0.25, 0.3) is 0 Å². The van der Waals surface area contributed by atoms with Crippen molar-refractivity contribution in [1.82, 2.24) is 0 Å². The molecule has 0 amide bonds. The highest BCUT2D eigenvalue weighted by Crippen LogP contribution is 2.31. The normalized spacial score (nSPS) is 17.5. The van der Waals surface area contributed by atoms with Crippen molar-refractivity contribution in [3.8, 4) is 0 Å². The molecule has 132 valence electrons. The van der Waals surface area contributed by atoms with Crippen LogP contribution in [0.2, 0.25) is 0 Å². The molecule has 1 saturated heterocycles. The summed E-state index contributed by atoms with van der Waals surface area (Å²) < 4.78 is 33.2. The molecule has 6 heteroatoms. The van der Waals surface area contributed by atoms with Crippen molar-refractivity contribution in [3.05, 3.63) is 0 Å². The molecule has 1 fully saturated rings. The lowest BCUT2D eigenvalue weighted by Crippen LogP contribution is -2.45. The summed E-state index contributed by atoms with van der Waals surface area (Å²) in [7, 11) is 0. The first-order valence-corrected chi connectivity index (χ1v) is 8.37. The van der Waals surface area contributed by atoms with E-state index in [1.165, 1.54) is 0 Å². The number of hydrogen-bond acceptors (Lipinski definition) is 6. The first-order chi connectivity index (χ1) is 10.7. The summed E-state index contributed by atoms with van der Waals surface area (Å²) in [5.41, 5.74) is 0.229. The Morgan fingerprint density at radius 1 is 0.864 bits per heavy atom. The highest BCUT2D eigenvalue weighted by Gasteiger charge is 2.37. The van der Waals surface area contributed by atoms with Crippen LogP contribution in [-0.4, -0.2) is 59.0 Å². The molecule has 0 saturated carbocycles. The second kappa shape index (κ2) is 10.5. The van der Waals surface area contributed by atoms with Crippen molar-refractivity contribution >= 4 is 0 Å². The molecule has 0 spiro atoms. The fraction of sp³-hybridized carbons (Fsp3) is 1.00. The van der Waals surface area contributed by atoms with E-state index in [9.17, 15) is 0 Å². The standard InChI is InChI=1S/C16H32O6/c1-5-15(13-18-14-15)12-17-10-9-11-22-16(19-6-2,20-7-3)21-8-4/h5-14H2,1-4H3.